The highest BCUT2D eigenvalue weighted by Crippen LogP contribution is 2.20. The molecule has 0 aromatic carbocycles. The number of hydrogen-bond acceptors (Lipinski definition) is 3. The number of nitrogens with one attached hydrogen (secondary N) is 1. The Kier molecular flexibility index (Phi) is 4.42. The van der Waals surface area contributed by atoms with Gasteiger partial charge in [0, 0.05) is 38.4 Å². The van der Waals surface area contributed by atoms with Crippen LogP contribution in [0.4, 0.5) is 0 Å². The minimum absolute atomic E-state index is 0.795. The van der Waals surface area contributed by atoms with Crippen LogP contribution in [0.3, 0.4) is 0 Å². The highest BCUT2D eigenvalue weighted by molar-refractivity contribution is 9.10. The van der Waals surface area contributed by atoms with Crippen LogP contribution in [0.1, 0.15) is 29.6 Å². The third-order valence-corrected chi connectivity index (χ3v) is 4.21. The maximum atomic E-state index is 4.49. The summed E-state index contributed by atoms with van der Waals surface area (Å²) in [5, 5.41) is 12.3. The zero-order valence-electron chi connectivity index (χ0n) is 11.9. The monoisotopic (exact) mass is 325 g/mol. The second-order valence-electron chi connectivity index (χ2n) is 4.68. The standard InChI is InChI=1S/C13H20BrN5/c1-5-19-12(13(14)10(3)17-19)7-15-6-11-8-18(4)16-9(11)2/h8,15H,5-7H2,1-4H3. The lowest BCUT2D eigenvalue weighted by atomic mass is 10.2. The Morgan fingerprint density at radius 1 is 1.21 bits per heavy atom. The molecule has 2 aromatic heterocycles. The molecule has 0 aliphatic carbocycles. The Bertz CT molecular complexity index is 570. The molecule has 0 radical (unpaired) electrons. The predicted molar refractivity (Wildman–Crippen MR) is 78.8 cm³/mol. The average molecular weight is 326 g/mol. The molecule has 104 valence electrons. The van der Waals surface area contributed by atoms with Crippen LogP contribution in [-0.2, 0) is 26.7 Å². The lowest BCUT2D eigenvalue weighted by Gasteiger charge is -2.07. The van der Waals surface area contributed by atoms with Crippen molar-refractivity contribution >= 4 is 15.9 Å². The molecule has 2 heterocycles. The van der Waals surface area contributed by atoms with Gasteiger partial charge in [-0.25, -0.2) is 0 Å². The lowest BCUT2D eigenvalue weighted by molar-refractivity contribution is 0.577. The number of nitrogens with zero attached hydrogens (tertiary/aromatic N) is 4. The van der Waals surface area contributed by atoms with Crippen LogP contribution in [0.5, 0.6) is 0 Å². The number of aromatic nitrogens is 4. The zero-order chi connectivity index (χ0) is 14.0. The molecular formula is C13H20BrN5. The van der Waals surface area contributed by atoms with Crippen LogP contribution in [0.25, 0.3) is 0 Å². The second kappa shape index (κ2) is 5.88. The van der Waals surface area contributed by atoms with E-state index in [1.165, 1.54) is 11.3 Å². The van der Waals surface area contributed by atoms with Crippen molar-refractivity contribution in [1.29, 1.82) is 0 Å². The van der Waals surface area contributed by atoms with E-state index in [1.54, 1.807) is 0 Å². The van der Waals surface area contributed by atoms with Gasteiger partial charge in [0.1, 0.15) is 0 Å². The van der Waals surface area contributed by atoms with E-state index in [2.05, 4.69) is 44.6 Å². The molecule has 2 aromatic rings. The first-order valence-corrected chi connectivity index (χ1v) is 7.23. The van der Waals surface area contributed by atoms with E-state index >= 15 is 0 Å². The summed E-state index contributed by atoms with van der Waals surface area (Å²) >= 11 is 3.61. The van der Waals surface area contributed by atoms with Crippen LogP contribution in [0.2, 0.25) is 0 Å². The largest absolute Gasteiger partial charge is 0.307 e. The maximum absolute atomic E-state index is 4.49. The van der Waals surface area contributed by atoms with Gasteiger partial charge in [0.05, 0.1) is 21.6 Å². The Labute approximate surface area is 122 Å². The van der Waals surface area contributed by atoms with E-state index in [0.29, 0.717) is 0 Å². The van der Waals surface area contributed by atoms with Gasteiger partial charge in [0.2, 0.25) is 0 Å². The van der Waals surface area contributed by atoms with E-state index in [4.69, 9.17) is 0 Å². The fourth-order valence-electron chi connectivity index (χ4n) is 2.18. The third kappa shape index (κ3) is 3.06. The van der Waals surface area contributed by atoms with Crippen molar-refractivity contribution in [3.05, 3.63) is 33.3 Å². The molecule has 6 heteroatoms. The van der Waals surface area contributed by atoms with Gasteiger partial charge in [-0.2, -0.15) is 10.2 Å². The summed E-state index contributed by atoms with van der Waals surface area (Å²) in [6.07, 6.45) is 2.06. The molecule has 19 heavy (non-hydrogen) atoms. The summed E-state index contributed by atoms with van der Waals surface area (Å²) in [6.45, 7) is 8.66. The summed E-state index contributed by atoms with van der Waals surface area (Å²) in [4.78, 5) is 0. The summed E-state index contributed by atoms with van der Waals surface area (Å²) in [5.74, 6) is 0. The fourth-order valence-corrected chi connectivity index (χ4v) is 2.60. The minimum Gasteiger partial charge on any atom is -0.307 e. The second-order valence-corrected chi connectivity index (χ2v) is 5.47. The molecule has 5 nitrogen and oxygen atoms in total. The lowest BCUT2D eigenvalue weighted by Crippen LogP contribution is -2.16. The highest BCUT2D eigenvalue weighted by atomic mass is 79.9. The fraction of sp³-hybridized carbons (Fsp3) is 0.538. The number of halogens is 1. The molecule has 0 unspecified atom stereocenters. The molecule has 0 spiro atoms. The van der Waals surface area contributed by atoms with Gasteiger partial charge >= 0.3 is 0 Å². The topological polar surface area (TPSA) is 47.7 Å². The van der Waals surface area contributed by atoms with Crippen LogP contribution in [-0.4, -0.2) is 19.6 Å². The number of rotatable bonds is 5. The normalized spacial score (nSPS) is 11.2. The first kappa shape index (κ1) is 14.3. The van der Waals surface area contributed by atoms with Gasteiger partial charge in [-0.05, 0) is 36.7 Å². The average Bonchev–Trinajstić information content (AvgIpc) is 2.82. The van der Waals surface area contributed by atoms with Gasteiger partial charge < -0.3 is 5.32 Å². The molecule has 0 amide bonds. The predicted octanol–water partition coefficient (Wildman–Crippen LogP) is 2.31. The Balaban J connectivity index is 2.01. The van der Waals surface area contributed by atoms with Crippen molar-refractivity contribution in [3.8, 4) is 0 Å². The Morgan fingerprint density at radius 2 is 1.95 bits per heavy atom. The first-order chi connectivity index (χ1) is 9.02. The van der Waals surface area contributed by atoms with Crippen LogP contribution in [0, 0.1) is 13.8 Å². The quantitative estimate of drug-likeness (QED) is 0.917. The van der Waals surface area contributed by atoms with E-state index < -0.39 is 0 Å². The van der Waals surface area contributed by atoms with E-state index in [9.17, 15) is 0 Å². The van der Waals surface area contributed by atoms with E-state index in [0.717, 1.165) is 35.5 Å². The van der Waals surface area contributed by atoms with Crippen molar-refractivity contribution in [2.24, 2.45) is 7.05 Å². The third-order valence-electron chi connectivity index (χ3n) is 3.18. The summed E-state index contributed by atoms with van der Waals surface area (Å²) in [5.41, 5.74) is 4.55. The van der Waals surface area contributed by atoms with Crippen LogP contribution in [0.15, 0.2) is 10.7 Å². The molecular weight excluding hydrogens is 306 g/mol. The number of hydrogen-bond donors (Lipinski definition) is 1. The molecule has 0 fully saturated rings. The molecule has 0 aliphatic heterocycles. The maximum Gasteiger partial charge on any atom is 0.0739 e. The zero-order valence-corrected chi connectivity index (χ0v) is 13.5. The SMILES string of the molecule is CCn1nc(C)c(Br)c1CNCc1cn(C)nc1C. The van der Waals surface area contributed by atoms with E-state index in [1.807, 2.05) is 30.3 Å². The number of aryl methyl sites for hydroxylation is 4. The first-order valence-electron chi connectivity index (χ1n) is 6.44. The Morgan fingerprint density at radius 3 is 2.53 bits per heavy atom. The smallest absolute Gasteiger partial charge is 0.0739 e. The van der Waals surface area contributed by atoms with Crippen molar-refractivity contribution in [2.75, 3.05) is 0 Å². The van der Waals surface area contributed by atoms with Crippen molar-refractivity contribution in [1.82, 2.24) is 24.9 Å². The molecule has 1 N–H and O–H groups in total. The van der Waals surface area contributed by atoms with Crippen molar-refractivity contribution in [3.63, 3.8) is 0 Å². The van der Waals surface area contributed by atoms with Crippen molar-refractivity contribution < 1.29 is 0 Å². The van der Waals surface area contributed by atoms with Gasteiger partial charge in [0.15, 0.2) is 0 Å². The van der Waals surface area contributed by atoms with Gasteiger partial charge in [0.25, 0.3) is 0 Å². The molecule has 0 aliphatic rings. The van der Waals surface area contributed by atoms with Crippen LogP contribution < -0.4 is 5.32 Å². The molecule has 0 saturated carbocycles. The molecule has 0 atom stereocenters. The summed E-state index contributed by atoms with van der Waals surface area (Å²) in [7, 11) is 1.95. The molecule has 0 saturated heterocycles. The molecule has 2 rings (SSSR count). The summed E-state index contributed by atoms with van der Waals surface area (Å²) < 4.78 is 4.98. The van der Waals surface area contributed by atoms with Crippen LogP contribution >= 0.6 is 15.9 Å². The highest BCUT2D eigenvalue weighted by Gasteiger charge is 2.11. The Hall–Kier alpha value is -1.14. The van der Waals surface area contributed by atoms with Gasteiger partial charge in [-0.1, -0.05) is 0 Å². The van der Waals surface area contributed by atoms with Gasteiger partial charge in [-0.15, -0.1) is 0 Å². The van der Waals surface area contributed by atoms with Gasteiger partial charge in [-0.3, -0.25) is 9.36 Å². The van der Waals surface area contributed by atoms with E-state index in [-0.39, 0.29) is 0 Å². The van der Waals surface area contributed by atoms with Crippen molar-refractivity contribution in [2.45, 2.75) is 40.4 Å². The molecule has 0 bridgehead atoms. The summed E-state index contributed by atoms with van der Waals surface area (Å²) in [6, 6.07) is 0. The minimum atomic E-state index is 0.795.